The summed E-state index contributed by atoms with van der Waals surface area (Å²) in [5.41, 5.74) is 4.07. The number of hydrogen-bond acceptors (Lipinski definition) is 5. The van der Waals surface area contributed by atoms with Crippen molar-refractivity contribution in [3.05, 3.63) is 59.8 Å². The Morgan fingerprint density at radius 2 is 2.00 bits per heavy atom. The molecule has 0 saturated carbocycles. The van der Waals surface area contributed by atoms with Gasteiger partial charge in [-0.1, -0.05) is 24.3 Å². The standard InChI is InChI=1S/C26H35N5O2/c1-18(28-25(32)33-26(2,3)4)20-7-5-6-19(14-20)17-31-12-10-22(11-13-31)29-23-8-9-24-21(15-23)16-27-30-24/h5-9,14-16,18,22,29H,10-13,17H2,1-4H3,(H,27,30)(H,28,32). The zero-order valence-corrected chi connectivity index (χ0v) is 20.0. The number of benzene rings is 2. The third-order valence-electron chi connectivity index (χ3n) is 5.99. The number of nitrogens with zero attached hydrogens (tertiary/aromatic N) is 2. The summed E-state index contributed by atoms with van der Waals surface area (Å²) in [7, 11) is 0. The second kappa shape index (κ2) is 9.83. The quantitative estimate of drug-likeness (QED) is 0.480. The van der Waals surface area contributed by atoms with Crippen molar-refractivity contribution in [1.82, 2.24) is 20.4 Å². The molecule has 1 saturated heterocycles. The molecule has 3 N–H and O–H groups in total. The number of nitrogens with one attached hydrogen (secondary N) is 3. The van der Waals surface area contributed by atoms with Crippen LogP contribution in [-0.2, 0) is 11.3 Å². The summed E-state index contributed by atoms with van der Waals surface area (Å²) >= 11 is 0. The second-order valence-corrected chi connectivity index (χ2v) is 9.98. The molecule has 7 nitrogen and oxygen atoms in total. The largest absolute Gasteiger partial charge is 0.444 e. The van der Waals surface area contributed by atoms with Crippen LogP contribution in [0.1, 0.15) is 57.7 Å². The summed E-state index contributed by atoms with van der Waals surface area (Å²) in [6, 6.07) is 15.2. The zero-order chi connectivity index (χ0) is 23.4. The fourth-order valence-electron chi connectivity index (χ4n) is 4.29. The normalized spacial score (nSPS) is 16.5. The number of piperidine rings is 1. The van der Waals surface area contributed by atoms with Crippen molar-refractivity contribution in [2.24, 2.45) is 0 Å². The number of carbonyl (C=O) groups excluding carboxylic acids is 1. The van der Waals surface area contributed by atoms with E-state index in [2.05, 4.69) is 68.2 Å². The molecule has 1 aliphatic heterocycles. The van der Waals surface area contributed by atoms with E-state index >= 15 is 0 Å². The van der Waals surface area contributed by atoms with Crippen molar-refractivity contribution in [3.63, 3.8) is 0 Å². The monoisotopic (exact) mass is 449 g/mol. The molecule has 1 aromatic heterocycles. The molecule has 0 radical (unpaired) electrons. The molecule has 1 atom stereocenters. The highest BCUT2D eigenvalue weighted by Gasteiger charge is 2.21. The third-order valence-corrected chi connectivity index (χ3v) is 5.99. The van der Waals surface area contributed by atoms with Crippen LogP contribution < -0.4 is 10.6 Å². The van der Waals surface area contributed by atoms with E-state index in [4.69, 9.17) is 4.74 Å². The maximum atomic E-state index is 12.1. The number of ether oxygens (including phenoxy) is 1. The van der Waals surface area contributed by atoms with Gasteiger partial charge >= 0.3 is 6.09 Å². The van der Waals surface area contributed by atoms with Crippen molar-refractivity contribution >= 4 is 22.7 Å². The molecule has 3 aromatic rings. The first-order valence-corrected chi connectivity index (χ1v) is 11.8. The number of H-pyrrole nitrogens is 1. The fraction of sp³-hybridized carbons (Fsp3) is 0.462. The molecule has 0 aliphatic carbocycles. The fourth-order valence-corrected chi connectivity index (χ4v) is 4.29. The lowest BCUT2D eigenvalue weighted by atomic mass is 10.0. The Kier molecular flexibility index (Phi) is 6.88. The molecule has 0 spiro atoms. The van der Waals surface area contributed by atoms with Gasteiger partial charge in [0.25, 0.3) is 0 Å². The molecule has 1 amide bonds. The van der Waals surface area contributed by atoms with Gasteiger partial charge in [-0.25, -0.2) is 4.79 Å². The van der Waals surface area contributed by atoms with E-state index in [1.807, 2.05) is 33.9 Å². The van der Waals surface area contributed by atoms with E-state index in [-0.39, 0.29) is 12.1 Å². The lowest BCUT2D eigenvalue weighted by Crippen LogP contribution is -2.38. The summed E-state index contributed by atoms with van der Waals surface area (Å²) in [5.74, 6) is 0. The molecule has 2 aromatic carbocycles. The Bertz CT molecular complexity index is 1080. The van der Waals surface area contributed by atoms with E-state index in [1.165, 1.54) is 5.56 Å². The highest BCUT2D eigenvalue weighted by molar-refractivity contribution is 5.81. The topological polar surface area (TPSA) is 82.3 Å². The lowest BCUT2D eigenvalue weighted by molar-refractivity contribution is 0.0508. The summed E-state index contributed by atoms with van der Waals surface area (Å²) in [5, 5.41) is 14.8. The number of aromatic amines is 1. The number of fused-ring (bicyclic) bond motifs is 1. The number of carbonyl (C=O) groups is 1. The summed E-state index contributed by atoms with van der Waals surface area (Å²) in [4.78, 5) is 14.6. The van der Waals surface area contributed by atoms with Crippen molar-refractivity contribution in [2.75, 3.05) is 18.4 Å². The van der Waals surface area contributed by atoms with E-state index in [0.717, 1.165) is 54.6 Å². The number of likely N-dealkylation sites (tertiary alicyclic amines) is 1. The highest BCUT2D eigenvalue weighted by Crippen LogP contribution is 2.22. The smallest absolute Gasteiger partial charge is 0.408 e. The van der Waals surface area contributed by atoms with Crippen LogP contribution in [0.5, 0.6) is 0 Å². The van der Waals surface area contributed by atoms with Crippen molar-refractivity contribution in [3.8, 4) is 0 Å². The molecule has 1 fully saturated rings. The molecule has 0 bridgehead atoms. The molecule has 2 heterocycles. The van der Waals surface area contributed by atoms with Crippen molar-refractivity contribution in [1.29, 1.82) is 0 Å². The number of aromatic nitrogens is 2. The molecule has 176 valence electrons. The summed E-state index contributed by atoms with van der Waals surface area (Å²) < 4.78 is 5.38. The molecule has 4 rings (SSSR count). The van der Waals surface area contributed by atoms with Gasteiger partial charge in [0.05, 0.1) is 17.8 Å². The van der Waals surface area contributed by atoms with Crippen LogP contribution in [0, 0.1) is 0 Å². The first-order chi connectivity index (χ1) is 15.7. The number of hydrogen-bond donors (Lipinski definition) is 3. The predicted molar refractivity (Wildman–Crippen MR) is 132 cm³/mol. The average molecular weight is 450 g/mol. The zero-order valence-electron chi connectivity index (χ0n) is 20.0. The number of anilines is 1. The molecule has 1 aliphatic rings. The minimum Gasteiger partial charge on any atom is -0.444 e. The van der Waals surface area contributed by atoms with E-state index in [1.54, 1.807) is 0 Å². The van der Waals surface area contributed by atoms with Crippen LogP contribution in [-0.4, -0.2) is 45.9 Å². The molecule has 7 heteroatoms. The molecule has 33 heavy (non-hydrogen) atoms. The van der Waals surface area contributed by atoms with Crippen LogP contribution in [0.25, 0.3) is 10.9 Å². The van der Waals surface area contributed by atoms with Crippen molar-refractivity contribution in [2.45, 2.75) is 64.8 Å². The molecule has 1 unspecified atom stereocenters. The van der Waals surface area contributed by atoms with Gasteiger partial charge in [0.1, 0.15) is 5.60 Å². The van der Waals surface area contributed by atoms with Crippen LogP contribution in [0.2, 0.25) is 0 Å². The van der Waals surface area contributed by atoms with Crippen LogP contribution in [0.15, 0.2) is 48.7 Å². The SMILES string of the molecule is CC(NC(=O)OC(C)(C)C)c1cccc(CN2CCC(Nc3ccc4[nH]ncc4c3)CC2)c1. The minimum absolute atomic E-state index is 0.109. The number of alkyl carbamates (subject to hydrolysis) is 1. The second-order valence-electron chi connectivity index (χ2n) is 9.98. The lowest BCUT2D eigenvalue weighted by Gasteiger charge is -2.33. The van der Waals surface area contributed by atoms with Gasteiger partial charge in [-0.2, -0.15) is 5.10 Å². The molecular weight excluding hydrogens is 414 g/mol. The van der Waals surface area contributed by atoms with Gasteiger partial charge in [-0.15, -0.1) is 0 Å². The Balaban J connectivity index is 1.27. The Morgan fingerprint density at radius 3 is 2.76 bits per heavy atom. The van der Waals surface area contributed by atoms with Crippen LogP contribution >= 0.6 is 0 Å². The predicted octanol–water partition coefficient (Wildman–Crippen LogP) is 5.23. The van der Waals surface area contributed by atoms with Crippen LogP contribution in [0.4, 0.5) is 10.5 Å². The third kappa shape index (κ3) is 6.48. The van der Waals surface area contributed by atoms with Gasteiger partial charge in [0.15, 0.2) is 0 Å². The van der Waals surface area contributed by atoms with Gasteiger partial charge in [0.2, 0.25) is 0 Å². The van der Waals surface area contributed by atoms with Crippen molar-refractivity contribution < 1.29 is 9.53 Å². The van der Waals surface area contributed by atoms with E-state index in [9.17, 15) is 4.79 Å². The first kappa shape index (κ1) is 23.1. The highest BCUT2D eigenvalue weighted by atomic mass is 16.6. The van der Waals surface area contributed by atoms with E-state index in [0.29, 0.717) is 6.04 Å². The maximum Gasteiger partial charge on any atom is 0.408 e. The van der Waals surface area contributed by atoms with Gasteiger partial charge in [-0.3, -0.25) is 10.00 Å². The average Bonchev–Trinajstić information content (AvgIpc) is 3.22. The Morgan fingerprint density at radius 1 is 1.21 bits per heavy atom. The van der Waals surface area contributed by atoms with Gasteiger partial charge in [-0.05, 0) is 69.9 Å². The summed E-state index contributed by atoms with van der Waals surface area (Å²) in [6.07, 6.45) is 3.70. The Labute approximate surface area is 195 Å². The minimum atomic E-state index is -0.501. The summed E-state index contributed by atoms with van der Waals surface area (Å²) in [6.45, 7) is 10.6. The number of amides is 1. The van der Waals surface area contributed by atoms with Crippen LogP contribution in [0.3, 0.4) is 0 Å². The van der Waals surface area contributed by atoms with Gasteiger partial charge in [0, 0.05) is 36.7 Å². The molecular formula is C26H35N5O2. The maximum absolute atomic E-state index is 12.1. The Hall–Kier alpha value is -3.06. The van der Waals surface area contributed by atoms with Gasteiger partial charge < -0.3 is 15.4 Å². The first-order valence-electron chi connectivity index (χ1n) is 11.8. The van der Waals surface area contributed by atoms with E-state index < -0.39 is 5.60 Å². The number of rotatable bonds is 6.